The molecular weight excluding hydrogens is 339 g/mol. The Bertz CT molecular complexity index is 634. The maximum absolute atomic E-state index is 12.6. The number of hydrogen-bond donors (Lipinski definition) is 1. The summed E-state index contributed by atoms with van der Waals surface area (Å²) in [5.41, 5.74) is -2.11. The van der Waals surface area contributed by atoms with Gasteiger partial charge in [0.2, 0.25) is 5.91 Å². The molecule has 0 saturated heterocycles. The van der Waals surface area contributed by atoms with Gasteiger partial charge in [0.15, 0.2) is 0 Å². The van der Waals surface area contributed by atoms with E-state index in [-0.39, 0.29) is 23.5 Å². The van der Waals surface area contributed by atoms with Gasteiger partial charge >= 0.3 is 6.18 Å². The zero-order valence-corrected chi connectivity index (χ0v) is 12.2. The first kappa shape index (κ1) is 15.6. The summed E-state index contributed by atoms with van der Waals surface area (Å²) in [6.07, 6.45) is -5.04. The fraction of sp³-hybridized carbons (Fsp3) is 0.500. The van der Waals surface area contributed by atoms with Crippen molar-refractivity contribution in [2.75, 3.05) is 0 Å². The minimum absolute atomic E-state index is 0.131. The Hall–Kier alpha value is -0.800. The minimum atomic E-state index is -4.47. The van der Waals surface area contributed by atoms with Crippen molar-refractivity contribution >= 4 is 37.0 Å². The van der Waals surface area contributed by atoms with E-state index in [2.05, 4.69) is 0 Å². The van der Waals surface area contributed by atoms with Crippen molar-refractivity contribution in [3.63, 3.8) is 0 Å². The van der Waals surface area contributed by atoms with Gasteiger partial charge in [-0.2, -0.15) is 13.2 Å². The molecule has 0 atom stereocenters. The highest BCUT2D eigenvalue weighted by Gasteiger charge is 2.64. The number of thiophene rings is 1. The monoisotopic (exact) mass is 347 g/mol. The maximum atomic E-state index is 12.6. The fourth-order valence-corrected chi connectivity index (χ4v) is 3.78. The lowest BCUT2D eigenvalue weighted by molar-refractivity contribution is -0.170. The molecule has 112 valence electrons. The lowest BCUT2D eigenvalue weighted by Gasteiger charge is -2.20. The van der Waals surface area contributed by atoms with Crippen LogP contribution in [0.1, 0.15) is 17.7 Å². The van der Waals surface area contributed by atoms with E-state index in [1.54, 1.807) is 0 Å². The van der Waals surface area contributed by atoms with Gasteiger partial charge in [0, 0.05) is 15.6 Å². The van der Waals surface area contributed by atoms with Gasteiger partial charge in [-0.3, -0.25) is 4.79 Å². The van der Waals surface area contributed by atoms with Crippen molar-refractivity contribution in [1.29, 1.82) is 0 Å². The molecule has 0 aromatic carbocycles. The third kappa shape index (κ3) is 3.26. The van der Waals surface area contributed by atoms with Gasteiger partial charge in [0.25, 0.3) is 9.05 Å². The van der Waals surface area contributed by atoms with Gasteiger partial charge in [-0.1, -0.05) is 0 Å². The smallest absolute Gasteiger partial charge is 0.342 e. The molecule has 1 amide bonds. The van der Waals surface area contributed by atoms with Crippen molar-refractivity contribution in [3.8, 4) is 0 Å². The highest BCUT2D eigenvalue weighted by molar-refractivity contribution is 8.15. The fourth-order valence-electron chi connectivity index (χ4n) is 1.66. The van der Waals surface area contributed by atoms with Crippen LogP contribution in [0.25, 0.3) is 0 Å². The van der Waals surface area contributed by atoms with E-state index in [1.807, 2.05) is 5.32 Å². The van der Waals surface area contributed by atoms with Crippen LogP contribution in [0.4, 0.5) is 13.2 Å². The number of nitrogens with one attached hydrogen (secondary N) is 1. The zero-order chi connectivity index (χ0) is 15.2. The molecule has 4 nitrogen and oxygen atoms in total. The minimum Gasteiger partial charge on any atom is -0.342 e. The summed E-state index contributed by atoms with van der Waals surface area (Å²) < 4.78 is 59.9. The van der Waals surface area contributed by atoms with Gasteiger partial charge in [-0.15, -0.1) is 11.3 Å². The maximum Gasteiger partial charge on any atom is 0.411 e. The number of rotatable bonds is 4. The molecule has 0 spiro atoms. The summed E-state index contributed by atoms with van der Waals surface area (Å²) in [7, 11) is 1.23. The highest BCUT2D eigenvalue weighted by atomic mass is 35.7. The number of carbonyl (C=O) groups excluding carboxylic acids is 1. The van der Waals surface area contributed by atoms with Crippen LogP contribution in [0.2, 0.25) is 0 Å². The van der Waals surface area contributed by atoms with E-state index < -0.39 is 26.7 Å². The molecule has 1 fully saturated rings. The van der Waals surface area contributed by atoms with Gasteiger partial charge in [-0.05, 0) is 25.0 Å². The van der Waals surface area contributed by atoms with E-state index in [4.69, 9.17) is 10.7 Å². The average Bonchev–Trinajstić information content (AvgIpc) is 2.87. The van der Waals surface area contributed by atoms with Crippen molar-refractivity contribution in [2.24, 2.45) is 0 Å². The largest absolute Gasteiger partial charge is 0.411 e. The summed E-state index contributed by atoms with van der Waals surface area (Å²) in [4.78, 5) is 11.9. The van der Waals surface area contributed by atoms with Gasteiger partial charge in [0.1, 0.15) is 9.75 Å². The molecule has 1 aromatic heterocycles. The third-order valence-corrected chi connectivity index (χ3v) is 6.06. The Kier molecular flexibility index (Phi) is 3.81. The van der Waals surface area contributed by atoms with E-state index in [0.717, 1.165) is 11.3 Å². The molecule has 0 radical (unpaired) electrons. The normalized spacial score (nSPS) is 17.8. The van der Waals surface area contributed by atoms with Crippen LogP contribution in [0.3, 0.4) is 0 Å². The number of halogens is 4. The second-order valence-electron chi connectivity index (χ2n) is 4.46. The second kappa shape index (κ2) is 4.88. The standard InChI is InChI=1S/C10H9ClF3NO3S2/c11-20(17,18)8-2-1-6(19-8)5-7(16)15-9(3-4-9)10(12,13)14/h1-2H,3-5H2,(H,15,16). The topological polar surface area (TPSA) is 63.2 Å². The quantitative estimate of drug-likeness (QED) is 0.851. The Labute approximate surface area is 121 Å². The van der Waals surface area contributed by atoms with Crippen LogP contribution in [-0.4, -0.2) is 26.0 Å². The van der Waals surface area contributed by atoms with Crippen molar-refractivity contribution in [3.05, 3.63) is 17.0 Å². The molecule has 2 rings (SSSR count). The Morgan fingerprint density at radius 1 is 1.40 bits per heavy atom. The Balaban J connectivity index is 2.01. The molecule has 1 N–H and O–H groups in total. The van der Waals surface area contributed by atoms with Crippen LogP contribution in [0.5, 0.6) is 0 Å². The van der Waals surface area contributed by atoms with Crippen LogP contribution in [0, 0.1) is 0 Å². The van der Waals surface area contributed by atoms with E-state index in [9.17, 15) is 26.4 Å². The molecule has 0 aliphatic heterocycles. The van der Waals surface area contributed by atoms with Crippen molar-refractivity contribution in [1.82, 2.24) is 5.32 Å². The van der Waals surface area contributed by atoms with Crippen LogP contribution in [0.15, 0.2) is 16.3 Å². The number of carbonyl (C=O) groups is 1. The Morgan fingerprint density at radius 3 is 2.40 bits per heavy atom. The number of alkyl halides is 3. The molecule has 1 heterocycles. The van der Waals surface area contributed by atoms with Crippen LogP contribution >= 0.6 is 22.0 Å². The van der Waals surface area contributed by atoms with E-state index in [0.29, 0.717) is 4.88 Å². The second-order valence-corrected chi connectivity index (χ2v) is 8.42. The first-order chi connectivity index (χ1) is 9.03. The molecule has 0 unspecified atom stereocenters. The molecule has 1 aromatic rings. The zero-order valence-electron chi connectivity index (χ0n) is 9.83. The lowest BCUT2D eigenvalue weighted by Crippen LogP contribution is -2.48. The van der Waals surface area contributed by atoms with E-state index >= 15 is 0 Å². The van der Waals surface area contributed by atoms with Gasteiger partial charge in [-0.25, -0.2) is 8.42 Å². The van der Waals surface area contributed by atoms with Crippen LogP contribution < -0.4 is 5.32 Å². The number of amides is 1. The van der Waals surface area contributed by atoms with Crippen LogP contribution in [-0.2, 0) is 20.3 Å². The summed E-state index contributed by atoms with van der Waals surface area (Å²) in [5, 5.41) is 1.96. The van der Waals surface area contributed by atoms with Crippen molar-refractivity contribution in [2.45, 2.75) is 35.2 Å². The lowest BCUT2D eigenvalue weighted by atomic mass is 10.2. The molecule has 1 saturated carbocycles. The van der Waals surface area contributed by atoms with E-state index in [1.165, 1.54) is 12.1 Å². The molecule has 1 aliphatic rings. The molecule has 1 aliphatic carbocycles. The SMILES string of the molecule is O=C(Cc1ccc(S(=O)(=O)Cl)s1)NC1(C(F)(F)F)CC1. The predicted octanol–water partition coefficient (Wildman–Crippen LogP) is 2.43. The predicted molar refractivity (Wildman–Crippen MR) is 67.2 cm³/mol. The average molecular weight is 348 g/mol. The molecular formula is C10H9ClF3NO3S2. The van der Waals surface area contributed by atoms with Gasteiger partial charge < -0.3 is 5.32 Å². The van der Waals surface area contributed by atoms with Gasteiger partial charge in [0.05, 0.1) is 6.42 Å². The highest BCUT2D eigenvalue weighted by Crippen LogP contribution is 2.48. The summed E-state index contributed by atoms with van der Waals surface area (Å²) in [6, 6.07) is 2.57. The molecule has 0 bridgehead atoms. The van der Waals surface area contributed by atoms with Crippen molar-refractivity contribution < 1.29 is 26.4 Å². The molecule has 20 heavy (non-hydrogen) atoms. The summed E-state index contributed by atoms with van der Waals surface area (Å²) in [6.45, 7) is 0. The first-order valence-electron chi connectivity index (χ1n) is 5.45. The first-order valence-corrected chi connectivity index (χ1v) is 8.57. The number of hydrogen-bond acceptors (Lipinski definition) is 4. The summed E-state index contributed by atoms with van der Waals surface area (Å²) in [5.74, 6) is -0.791. The Morgan fingerprint density at radius 2 is 2.00 bits per heavy atom. The third-order valence-electron chi connectivity index (χ3n) is 2.88. The summed E-state index contributed by atoms with van der Waals surface area (Å²) >= 11 is 0.760. The molecule has 10 heteroatoms.